The minimum absolute atomic E-state index is 0.248. The third-order valence-electron chi connectivity index (χ3n) is 2.05. The monoisotopic (exact) mass is 195 g/mol. The number of fused-ring (bicyclic) bond motifs is 1. The first-order valence-corrected chi connectivity index (χ1v) is 4.27. The highest BCUT2D eigenvalue weighted by Crippen LogP contribution is 2.24. The van der Waals surface area contributed by atoms with Gasteiger partial charge in [-0.15, -0.1) is 0 Å². The van der Waals surface area contributed by atoms with Crippen molar-refractivity contribution >= 4 is 22.5 Å². The van der Waals surface area contributed by atoms with Gasteiger partial charge in [-0.05, 0) is 25.1 Å². The molecule has 2 aromatic rings. The topological polar surface area (TPSA) is 12.9 Å². The van der Waals surface area contributed by atoms with Crippen LogP contribution in [-0.4, -0.2) is 4.98 Å². The number of hydrogen-bond donors (Lipinski definition) is 0. The summed E-state index contributed by atoms with van der Waals surface area (Å²) in [6.45, 7) is 1.70. The molecule has 0 aliphatic rings. The quantitative estimate of drug-likeness (QED) is 0.628. The zero-order valence-electron chi connectivity index (χ0n) is 7.01. The Hall–Kier alpha value is -1.15. The van der Waals surface area contributed by atoms with Crippen molar-refractivity contribution < 1.29 is 4.39 Å². The van der Waals surface area contributed by atoms with Crippen molar-refractivity contribution in [3.05, 3.63) is 40.8 Å². The molecule has 0 aliphatic heterocycles. The zero-order valence-corrected chi connectivity index (χ0v) is 7.77. The molecule has 0 radical (unpaired) electrons. The van der Waals surface area contributed by atoms with Crippen LogP contribution in [0.2, 0.25) is 5.02 Å². The van der Waals surface area contributed by atoms with Crippen molar-refractivity contribution in [1.29, 1.82) is 0 Å². The molecule has 0 N–H and O–H groups in total. The maximum atomic E-state index is 13.1. The van der Waals surface area contributed by atoms with E-state index in [1.54, 1.807) is 25.3 Å². The number of aryl methyl sites for hydroxylation is 1. The smallest absolute Gasteiger partial charge is 0.128 e. The van der Waals surface area contributed by atoms with E-state index in [9.17, 15) is 4.39 Å². The van der Waals surface area contributed by atoms with Crippen molar-refractivity contribution in [1.82, 2.24) is 4.98 Å². The van der Waals surface area contributed by atoms with E-state index in [-0.39, 0.29) is 5.82 Å². The summed E-state index contributed by atoms with van der Waals surface area (Å²) in [6, 6.07) is 4.75. The Morgan fingerprint density at radius 2 is 2.08 bits per heavy atom. The van der Waals surface area contributed by atoms with Crippen molar-refractivity contribution in [2.75, 3.05) is 0 Å². The molecule has 66 valence electrons. The zero-order chi connectivity index (χ0) is 9.42. The summed E-state index contributed by atoms with van der Waals surface area (Å²) in [6.07, 6.45) is 1.58. The van der Waals surface area contributed by atoms with Crippen molar-refractivity contribution in [2.45, 2.75) is 6.92 Å². The molecule has 2 rings (SSSR count). The maximum Gasteiger partial charge on any atom is 0.128 e. The van der Waals surface area contributed by atoms with Crippen LogP contribution in [0.1, 0.15) is 5.56 Å². The second kappa shape index (κ2) is 2.96. The van der Waals surface area contributed by atoms with Crippen LogP contribution in [0.3, 0.4) is 0 Å². The van der Waals surface area contributed by atoms with Crippen LogP contribution < -0.4 is 0 Å². The predicted molar refractivity (Wildman–Crippen MR) is 51.4 cm³/mol. The van der Waals surface area contributed by atoms with Gasteiger partial charge in [0.05, 0.1) is 10.5 Å². The summed E-state index contributed by atoms with van der Waals surface area (Å²) in [7, 11) is 0. The van der Waals surface area contributed by atoms with Crippen LogP contribution in [0.5, 0.6) is 0 Å². The van der Waals surface area contributed by atoms with E-state index >= 15 is 0 Å². The Labute approximate surface area is 80.2 Å². The molecule has 0 atom stereocenters. The van der Waals surface area contributed by atoms with Gasteiger partial charge in [-0.3, -0.25) is 4.98 Å². The van der Waals surface area contributed by atoms with Gasteiger partial charge in [0.25, 0.3) is 0 Å². The molecule has 1 aromatic heterocycles. The van der Waals surface area contributed by atoms with Crippen molar-refractivity contribution in [3.8, 4) is 0 Å². The van der Waals surface area contributed by atoms with Gasteiger partial charge in [-0.25, -0.2) is 4.39 Å². The highest BCUT2D eigenvalue weighted by atomic mass is 35.5. The number of pyridine rings is 1. The Morgan fingerprint density at radius 3 is 2.85 bits per heavy atom. The Kier molecular flexibility index (Phi) is 1.93. The Balaban J connectivity index is 2.94. The van der Waals surface area contributed by atoms with E-state index in [4.69, 9.17) is 11.6 Å². The van der Waals surface area contributed by atoms with Crippen LogP contribution in [0.4, 0.5) is 4.39 Å². The fourth-order valence-corrected chi connectivity index (χ4v) is 1.51. The minimum atomic E-state index is -0.248. The lowest BCUT2D eigenvalue weighted by Crippen LogP contribution is -1.87. The summed E-state index contributed by atoms with van der Waals surface area (Å²) in [5.41, 5.74) is 1.17. The minimum Gasteiger partial charge on any atom is -0.256 e. The largest absolute Gasteiger partial charge is 0.256 e. The first kappa shape index (κ1) is 8.45. The van der Waals surface area contributed by atoms with Crippen LogP contribution in [-0.2, 0) is 0 Å². The SMILES string of the molecule is Cc1c(F)ccc2c(Cl)ccnc12. The molecular weight excluding hydrogens is 189 g/mol. The summed E-state index contributed by atoms with van der Waals surface area (Å²) < 4.78 is 13.1. The Bertz CT molecular complexity index is 468. The average molecular weight is 196 g/mol. The third kappa shape index (κ3) is 1.27. The molecule has 1 aromatic carbocycles. The van der Waals surface area contributed by atoms with E-state index in [0.29, 0.717) is 16.1 Å². The number of halogens is 2. The molecule has 0 unspecified atom stereocenters. The third-order valence-corrected chi connectivity index (χ3v) is 2.38. The van der Waals surface area contributed by atoms with Crippen LogP contribution in [0.25, 0.3) is 10.9 Å². The van der Waals surface area contributed by atoms with Crippen molar-refractivity contribution in [3.63, 3.8) is 0 Å². The van der Waals surface area contributed by atoms with Gasteiger partial charge in [0.2, 0.25) is 0 Å². The first-order valence-electron chi connectivity index (χ1n) is 3.89. The van der Waals surface area contributed by atoms with Crippen LogP contribution >= 0.6 is 11.6 Å². The molecule has 0 bridgehead atoms. The van der Waals surface area contributed by atoms with Crippen molar-refractivity contribution in [2.24, 2.45) is 0 Å². The fourth-order valence-electron chi connectivity index (χ4n) is 1.30. The normalized spacial score (nSPS) is 10.7. The van der Waals surface area contributed by atoms with E-state index in [2.05, 4.69) is 4.98 Å². The van der Waals surface area contributed by atoms with E-state index in [1.165, 1.54) is 6.07 Å². The van der Waals surface area contributed by atoms with Gasteiger partial charge >= 0.3 is 0 Å². The molecule has 0 amide bonds. The maximum absolute atomic E-state index is 13.1. The van der Waals surface area contributed by atoms with Gasteiger partial charge in [0, 0.05) is 17.1 Å². The van der Waals surface area contributed by atoms with Gasteiger partial charge in [0.15, 0.2) is 0 Å². The van der Waals surface area contributed by atoms with E-state index < -0.39 is 0 Å². The van der Waals surface area contributed by atoms with Gasteiger partial charge < -0.3 is 0 Å². The lowest BCUT2D eigenvalue weighted by atomic mass is 10.1. The van der Waals surface area contributed by atoms with Crippen LogP contribution in [0, 0.1) is 12.7 Å². The number of nitrogens with zero attached hydrogens (tertiary/aromatic N) is 1. The molecule has 0 saturated carbocycles. The molecule has 1 heterocycles. The van der Waals surface area contributed by atoms with Crippen LogP contribution in [0.15, 0.2) is 24.4 Å². The summed E-state index contributed by atoms with van der Waals surface area (Å²) in [5, 5.41) is 1.40. The summed E-state index contributed by atoms with van der Waals surface area (Å²) in [4.78, 5) is 4.08. The Morgan fingerprint density at radius 1 is 1.31 bits per heavy atom. The van der Waals surface area contributed by atoms with E-state index in [1.807, 2.05) is 0 Å². The standard InChI is InChI=1S/C10H7ClFN/c1-6-9(12)3-2-7-8(11)4-5-13-10(6)7/h2-5H,1H3. The number of benzene rings is 1. The number of rotatable bonds is 0. The van der Waals surface area contributed by atoms with Gasteiger partial charge in [-0.2, -0.15) is 0 Å². The summed E-state index contributed by atoms with van der Waals surface area (Å²) >= 11 is 5.92. The molecule has 3 heteroatoms. The van der Waals surface area contributed by atoms with E-state index in [0.717, 1.165) is 5.39 Å². The lowest BCUT2D eigenvalue weighted by molar-refractivity contribution is 0.620. The molecule has 0 spiro atoms. The molecule has 0 fully saturated rings. The lowest BCUT2D eigenvalue weighted by Gasteiger charge is -2.02. The molecular formula is C10H7ClFN. The highest BCUT2D eigenvalue weighted by Gasteiger charge is 2.05. The number of aromatic nitrogens is 1. The fraction of sp³-hybridized carbons (Fsp3) is 0.100. The predicted octanol–water partition coefficient (Wildman–Crippen LogP) is 3.34. The number of hydrogen-bond acceptors (Lipinski definition) is 1. The molecule has 0 aliphatic carbocycles. The van der Waals surface area contributed by atoms with Gasteiger partial charge in [-0.1, -0.05) is 11.6 Å². The molecule has 0 saturated heterocycles. The second-order valence-corrected chi connectivity index (χ2v) is 3.27. The van der Waals surface area contributed by atoms with Gasteiger partial charge in [0.1, 0.15) is 5.82 Å². The first-order chi connectivity index (χ1) is 6.20. The summed E-state index contributed by atoms with van der Waals surface area (Å²) in [5.74, 6) is -0.248. The second-order valence-electron chi connectivity index (χ2n) is 2.86. The average Bonchev–Trinajstić information content (AvgIpc) is 2.12. The molecule has 13 heavy (non-hydrogen) atoms. The highest BCUT2D eigenvalue weighted by molar-refractivity contribution is 6.35. The molecule has 1 nitrogen and oxygen atoms in total.